The predicted octanol–water partition coefficient (Wildman–Crippen LogP) is 4.91. The van der Waals surface area contributed by atoms with E-state index in [0.29, 0.717) is 49.2 Å². The van der Waals surface area contributed by atoms with E-state index < -0.39 is 19.7 Å². The minimum absolute atomic E-state index is 0.0296. The molecule has 0 N–H and O–H groups in total. The fourth-order valence-electron chi connectivity index (χ4n) is 2.12. The zero-order valence-corrected chi connectivity index (χ0v) is 20.8. The summed E-state index contributed by atoms with van der Waals surface area (Å²) in [5.74, 6) is 1.05. The van der Waals surface area contributed by atoms with E-state index in [9.17, 15) is 14.9 Å². The standard InChI is InChI=1S/C19H30NO9PS2/c1-3-27-30(28-4-2)29-12-8-7-11-24-18-10-6-5-9-17(18)19(21)25-13-15-31-32-16-14-26-20(22)23/h5-6,9-10H,3-4,7-8,11-16H2,1-2H3. The van der Waals surface area contributed by atoms with Crippen LogP contribution in [-0.2, 0) is 23.1 Å². The Hall–Kier alpha value is -1.30. The average molecular weight is 512 g/mol. The first-order valence-corrected chi connectivity index (χ1v) is 13.8. The predicted molar refractivity (Wildman–Crippen MR) is 125 cm³/mol. The Balaban J connectivity index is 2.24. The Morgan fingerprint density at radius 1 is 0.969 bits per heavy atom. The van der Waals surface area contributed by atoms with Crippen molar-refractivity contribution in [3.8, 4) is 5.75 Å². The number of hydrogen-bond acceptors (Lipinski definition) is 11. The van der Waals surface area contributed by atoms with Gasteiger partial charge in [-0.1, -0.05) is 33.7 Å². The molecule has 1 rings (SSSR count). The molecule has 1 aromatic carbocycles. The minimum atomic E-state index is -1.29. The van der Waals surface area contributed by atoms with Crippen LogP contribution < -0.4 is 4.74 Å². The molecule has 32 heavy (non-hydrogen) atoms. The first-order chi connectivity index (χ1) is 15.6. The molecule has 0 bridgehead atoms. The number of rotatable bonds is 20. The molecule has 0 spiro atoms. The lowest BCUT2D eigenvalue weighted by atomic mass is 10.2. The van der Waals surface area contributed by atoms with Crippen molar-refractivity contribution in [3.63, 3.8) is 0 Å². The van der Waals surface area contributed by atoms with Gasteiger partial charge in [0.1, 0.15) is 24.5 Å². The second-order valence-electron chi connectivity index (χ2n) is 5.78. The van der Waals surface area contributed by atoms with Crippen LogP contribution in [0.15, 0.2) is 24.3 Å². The van der Waals surface area contributed by atoms with E-state index in [-0.39, 0.29) is 13.2 Å². The lowest BCUT2D eigenvalue weighted by Gasteiger charge is -2.15. The van der Waals surface area contributed by atoms with Crippen molar-refractivity contribution < 1.29 is 37.8 Å². The van der Waals surface area contributed by atoms with Crippen LogP contribution in [0.2, 0.25) is 0 Å². The summed E-state index contributed by atoms with van der Waals surface area (Å²) in [4.78, 5) is 26.6. The van der Waals surface area contributed by atoms with Gasteiger partial charge >= 0.3 is 14.6 Å². The fraction of sp³-hybridized carbons (Fsp3) is 0.632. The monoisotopic (exact) mass is 511 g/mol. The van der Waals surface area contributed by atoms with Crippen LogP contribution >= 0.6 is 30.2 Å². The fourth-order valence-corrected chi connectivity index (χ4v) is 4.69. The number of para-hydroxylation sites is 1. The largest absolute Gasteiger partial charge is 0.493 e. The summed E-state index contributed by atoms with van der Waals surface area (Å²) in [5, 5.41) is 9.22. The highest BCUT2D eigenvalue weighted by atomic mass is 33.1. The number of carbonyl (C=O) groups is 1. The van der Waals surface area contributed by atoms with Crippen LogP contribution in [0.4, 0.5) is 0 Å². The molecule has 0 unspecified atom stereocenters. The van der Waals surface area contributed by atoms with E-state index >= 15 is 0 Å². The third-order valence-electron chi connectivity index (χ3n) is 3.42. The summed E-state index contributed by atoms with van der Waals surface area (Å²) in [6.07, 6.45) is 1.52. The SMILES string of the molecule is CCOP(OCC)OCCCCOc1ccccc1C(=O)OCCSSCCO[N+](=O)[O-]. The van der Waals surface area contributed by atoms with Crippen molar-refractivity contribution in [1.29, 1.82) is 0 Å². The van der Waals surface area contributed by atoms with E-state index in [0.717, 1.165) is 12.8 Å². The lowest BCUT2D eigenvalue weighted by Crippen LogP contribution is -2.10. The molecule has 0 radical (unpaired) electrons. The molecular weight excluding hydrogens is 481 g/mol. The van der Waals surface area contributed by atoms with E-state index in [2.05, 4.69) is 4.84 Å². The van der Waals surface area contributed by atoms with Gasteiger partial charge in [-0.25, -0.2) is 4.79 Å². The topological polar surface area (TPSA) is 116 Å². The van der Waals surface area contributed by atoms with Crippen LogP contribution in [0.25, 0.3) is 0 Å². The van der Waals surface area contributed by atoms with Crippen LogP contribution in [0.5, 0.6) is 5.75 Å². The Bertz CT molecular complexity index is 651. The normalized spacial score (nSPS) is 10.8. The molecule has 0 amide bonds. The summed E-state index contributed by atoms with van der Waals surface area (Å²) in [5.41, 5.74) is 0.372. The maximum Gasteiger partial charge on any atom is 0.341 e. The zero-order chi connectivity index (χ0) is 23.4. The summed E-state index contributed by atoms with van der Waals surface area (Å²) in [7, 11) is 1.58. The number of nitrogens with zero attached hydrogens (tertiary/aromatic N) is 1. The molecule has 10 nitrogen and oxygen atoms in total. The number of unbranched alkanes of at least 4 members (excludes halogenated alkanes) is 1. The highest BCUT2D eigenvalue weighted by Crippen LogP contribution is 2.39. The average Bonchev–Trinajstić information content (AvgIpc) is 2.78. The number of ether oxygens (including phenoxy) is 2. The summed E-state index contributed by atoms with van der Waals surface area (Å²) in [6, 6.07) is 6.94. The molecule has 13 heteroatoms. The van der Waals surface area contributed by atoms with Gasteiger partial charge < -0.3 is 27.9 Å². The third kappa shape index (κ3) is 14.0. The van der Waals surface area contributed by atoms with Gasteiger partial charge in [0.05, 0.1) is 26.4 Å². The summed E-state index contributed by atoms with van der Waals surface area (Å²) in [6.45, 7) is 6.06. The highest BCUT2D eigenvalue weighted by molar-refractivity contribution is 8.76. The van der Waals surface area contributed by atoms with Gasteiger partial charge in [0, 0.05) is 11.5 Å². The first-order valence-electron chi connectivity index (χ1n) is 10.2. The third-order valence-corrected chi connectivity index (χ3v) is 7.08. The zero-order valence-electron chi connectivity index (χ0n) is 18.3. The van der Waals surface area contributed by atoms with Gasteiger partial charge in [-0.05, 0) is 38.8 Å². The van der Waals surface area contributed by atoms with E-state index in [1.54, 1.807) is 24.3 Å². The maximum absolute atomic E-state index is 12.3. The van der Waals surface area contributed by atoms with Gasteiger partial charge in [0.25, 0.3) is 5.09 Å². The van der Waals surface area contributed by atoms with Gasteiger partial charge in [0.2, 0.25) is 0 Å². The Morgan fingerprint density at radius 3 is 2.31 bits per heavy atom. The first kappa shape index (κ1) is 28.7. The number of benzene rings is 1. The number of hydrogen-bond donors (Lipinski definition) is 0. The molecule has 0 aromatic heterocycles. The minimum Gasteiger partial charge on any atom is -0.493 e. The van der Waals surface area contributed by atoms with Crippen molar-refractivity contribution in [3.05, 3.63) is 39.9 Å². The molecule has 0 aliphatic carbocycles. The second-order valence-corrected chi connectivity index (χ2v) is 9.70. The van der Waals surface area contributed by atoms with Crippen LogP contribution in [-0.4, -0.2) is 62.2 Å². The molecule has 1 aromatic rings. The van der Waals surface area contributed by atoms with E-state index in [1.807, 2.05) is 13.8 Å². The molecule has 0 saturated carbocycles. The molecule has 0 aliphatic heterocycles. The van der Waals surface area contributed by atoms with E-state index in [4.69, 9.17) is 23.0 Å². The van der Waals surface area contributed by atoms with Gasteiger partial charge in [-0.15, -0.1) is 10.1 Å². The number of carbonyl (C=O) groups excluding carboxylic acids is 1. The van der Waals surface area contributed by atoms with Crippen molar-refractivity contribution in [2.75, 3.05) is 51.1 Å². The van der Waals surface area contributed by atoms with Crippen molar-refractivity contribution in [2.45, 2.75) is 26.7 Å². The highest BCUT2D eigenvalue weighted by Gasteiger charge is 2.14. The number of esters is 1. The van der Waals surface area contributed by atoms with Gasteiger partial charge in [-0.2, -0.15) is 0 Å². The van der Waals surface area contributed by atoms with Crippen molar-refractivity contribution in [1.82, 2.24) is 0 Å². The molecular formula is C19H30NO9PS2. The van der Waals surface area contributed by atoms with Crippen molar-refractivity contribution in [2.24, 2.45) is 0 Å². The molecule has 0 heterocycles. The van der Waals surface area contributed by atoms with E-state index in [1.165, 1.54) is 21.6 Å². The molecule has 182 valence electrons. The van der Waals surface area contributed by atoms with Crippen LogP contribution in [0, 0.1) is 10.1 Å². The second kappa shape index (κ2) is 19.2. The lowest BCUT2D eigenvalue weighted by molar-refractivity contribution is -0.756. The molecule has 0 fully saturated rings. The van der Waals surface area contributed by atoms with Crippen molar-refractivity contribution >= 4 is 36.2 Å². The molecule has 0 saturated heterocycles. The Kier molecular flexibility index (Phi) is 17.2. The Morgan fingerprint density at radius 2 is 1.62 bits per heavy atom. The van der Waals surface area contributed by atoms with Gasteiger partial charge in [-0.3, -0.25) is 0 Å². The molecule has 0 atom stereocenters. The Labute approximate surface area is 197 Å². The summed E-state index contributed by atoms with van der Waals surface area (Å²) < 4.78 is 27.4. The maximum atomic E-state index is 12.3. The summed E-state index contributed by atoms with van der Waals surface area (Å²) >= 11 is 0. The van der Waals surface area contributed by atoms with Gasteiger partial charge in [0.15, 0.2) is 0 Å². The quantitative estimate of drug-likeness (QED) is 0.0594. The molecule has 0 aliphatic rings. The van der Waals surface area contributed by atoms with Crippen LogP contribution in [0.3, 0.4) is 0 Å². The van der Waals surface area contributed by atoms with Crippen LogP contribution in [0.1, 0.15) is 37.0 Å². The smallest absolute Gasteiger partial charge is 0.341 e.